The fourth-order valence-corrected chi connectivity index (χ4v) is 1.90. The fourth-order valence-electron chi connectivity index (χ4n) is 1.90. The van der Waals surface area contributed by atoms with Gasteiger partial charge < -0.3 is 5.32 Å². The van der Waals surface area contributed by atoms with E-state index in [1.165, 1.54) is 36.1 Å². The average molecular weight is 189 g/mol. The lowest BCUT2D eigenvalue weighted by molar-refractivity contribution is 0.759. The van der Waals surface area contributed by atoms with Crippen molar-refractivity contribution >= 4 is 5.69 Å². The van der Waals surface area contributed by atoms with Gasteiger partial charge in [-0.1, -0.05) is 31.0 Å². The van der Waals surface area contributed by atoms with Gasteiger partial charge in [0.25, 0.3) is 0 Å². The summed E-state index contributed by atoms with van der Waals surface area (Å²) < 4.78 is 0. The summed E-state index contributed by atoms with van der Waals surface area (Å²) in [5.41, 5.74) is 4.06. The molecule has 1 aromatic carbocycles. The van der Waals surface area contributed by atoms with E-state index in [2.05, 4.69) is 37.4 Å². The van der Waals surface area contributed by atoms with Gasteiger partial charge in [0.15, 0.2) is 0 Å². The van der Waals surface area contributed by atoms with E-state index in [4.69, 9.17) is 0 Å². The molecule has 0 bridgehead atoms. The van der Waals surface area contributed by atoms with Gasteiger partial charge in [0.2, 0.25) is 0 Å². The van der Waals surface area contributed by atoms with Crippen molar-refractivity contribution in [2.75, 3.05) is 11.9 Å². The van der Waals surface area contributed by atoms with Crippen molar-refractivity contribution in [1.29, 1.82) is 0 Å². The van der Waals surface area contributed by atoms with Gasteiger partial charge in [0, 0.05) is 12.2 Å². The van der Waals surface area contributed by atoms with Gasteiger partial charge in [-0.2, -0.15) is 0 Å². The third-order valence-electron chi connectivity index (χ3n) is 3.03. The summed E-state index contributed by atoms with van der Waals surface area (Å²) in [5, 5.41) is 3.55. The molecule has 1 saturated carbocycles. The minimum absolute atomic E-state index is 1.02. The molecule has 0 aromatic heterocycles. The number of benzene rings is 1. The average Bonchev–Trinajstić information content (AvgIpc) is 2.94. The second-order valence-corrected chi connectivity index (χ2v) is 4.43. The van der Waals surface area contributed by atoms with Crippen molar-refractivity contribution < 1.29 is 0 Å². The molecule has 1 aliphatic rings. The van der Waals surface area contributed by atoms with Gasteiger partial charge in [-0.3, -0.25) is 0 Å². The zero-order chi connectivity index (χ0) is 9.97. The summed E-state index contributed by atoms with van der Waals surface area (Å²) in [7, 11) is 0. The Kier molecular flexibility index (Phi) is 2.76. The van der Waals surface area contributed by atoms with E-state index in [1.807, 2.05) is 0 Å². The molecule has 2 rings (SSSR count). The molecule has 1 aromatic rings. The van der Waals surface area contributed by atoms with Crippen LogP contribution in [0.1, 0.15) is 30.4 Å². The molecule has 1 aliphatic carbocycles. The molecule has 0 amide bonds. The third kappa shape index (κ3) is 2.28. The molecule has 1 fully saturated rings. The van der Waals surface area contributed by atoms with Gasteiger partial charge >= 0.3 is 0 Å². The van der Waals surface area contributed by atoms with E-state index in [9.17, 15) is 0 Å². The smallest absolute Gasteiger partial charge is 0.0399 e. The number of rotatable bonds is 4. The van der Waals surface area contributed by atoms with Crippen LogP contribution in [0, 0.1) is 19.8 Å². The van der Waals surface area contributed by atoms with Gasteiger partial charge in [0.1, 0.15) is 0 Å². The van der Waals surface area contributed by atoms with E-state index in [0.717, 1.165) is 12.5 Å². The predicted molar refractivity (Wildman–Crippen MR) is 61.7 cm³/mol. The Morgan fingerprint density at radius 3 is 2.43 bits per heavy atom. The first-order valence-corrected chi connectivity index (χ1v) is 5.57. The Morgan fingerprint density at radius 1 is 1.21 bits per heavy atom. The van der Waals surface area contributed by atoms with E-state index in [1.54, 1.807) is 0 Å². The first-order chi connectivity index (χ1) is 6.77. The maximum atomic E-state index is 3.55. The summed E-state index contributed by atoms with van der Waals surface area (Å²) in [6.45, 7) is 5.48. The van der Waals surface area contributed by atoms with Crippen LogP contribution in [0.2, 0.25) is 0 Å². The topological polar surface area (TPSA) is 12.0 Å². The van der Waals surface area contributed by atoms with Crippen LogP contribution >= 0.6 is 0 Å². The first kappa shape index (κ1) is 9.57. The normalized spacial score (nSPS) is 15.6. The van der Waals surface area contributed by atoms with Crippen molar-refractivity contribution in [3.05, 3.63) is 29.3 Å². The number of para-hydroxylation sites is 1. The van der Waals surface area contributed by atoms with E-state index >= 15 is 0 Å². The number of anilines is 1. The number of nitrogens with one attached hydrogen (secondary N) is 1. The Balaban J connectivity index is 1.92. The molecule has 1 N–H and O–H groups in total. The molecule has 0 heterocycles. The largest absolute Gasteiger partial charge is 0.385 e. The molecule has 0 spiro atoms. The Labute approximate surface area is 86.5 Å². The number of aryl methyl sites for hydroxylation is 2. The highest BCUT2D eigenvalue weighted by atomic mass is 14.9. The van der Waals surface area contributed by atoms with Gasteiger partial charge in [-0.05, 0) is 37.3 Å². The fraction of sp³-hybridized carbons (Fsp3) is 0.538. The van der Waals surface area contributed by atoms with Crippen LogP contribution in [0.5, 0.6) is 0 Å². The van der Waals surface area contributed by atoms with Crippen molar-refractivity contribution in [3.8, 4) is 0 Å². The first-order valence-electron chi connectivity index (χ1n) is 5.57. The number of hydrogen-bond donors (Lipinski definition) is 1. The van der Waals surface area contributed by atoms with Crippen LogP contribution < -0.4 is 5.32 Å². The van der Waals surface area contributed by atoms with Crippen LogP contribution in [0.15, 0.2) is 18.2 Å². The Morgan fingerprint density at radius 2 is 1.86 bits per heavy atom. The lowest BCUT2D eigenvalue weighted by Crippen LogP contribution is -2.05. The zero-order valence-electron chi connectivity index (χ0n) is 9.14. The van der Waals surface area contributed by atoms with Crippen LogP contribution in [0.4, 0.5) is 5.69 Å². The van der Waals surface area contributed by atoms with Crippen LogP contribution in [0.25, 0.3) is 0 Å². The second-order valence-electron chi connectivity index (χ2n) is 4.43. The zero-order valence-corrected chi connectivity index (χ0v) is 9.14. The Bertz CT molecular complexity index is 293. The molecule has 0 unspecified atom stereocenters. The summed E-state index contributed by atoms with van der Waals surface area (Å²) in [5.74, 6) is 1.02. The molecule has 0 atom stereocenters. The maximum Gasteiger partial charge on any atom is 0.0399 e. The van der Waals surface area contributed by atoms with Gasteiger partial charge in [-0.25, -0.2) is 0 Å². The summed E-state index contributed by atoms with van der Waals surface area (Å²) >= 11 is 0. The highest BCUT2D eigenvalue weighted by Crippen LogP contribution is 2.32. The molecule has 0 radical (unpaired) electrons. The molecule has 76 valence electrons. The molecule has 0 saturated heterocycles. The summed E-state index contributed by atoms with van der Waals surface area (Å²) in [6.07, 6.45) is 4.25. The van der Waals surface area contributed by atoms with Crippen molar-refractivity contribution in [2.24, 2.45) is 5.92 Å². The van der Waals surface area contributed by atoms with Gasteiger partial charge in [0.05, 0.1) is 0 Å². The minimum Gasteiger partial charge on any atom is -0.385 e. The lowest BCUT2D eigenvalue weighted by atomic mass is 10.1. The highest BCUT2D eigenvalue weighted by Gasteiger charge is 2.20. The molecular formula is C13H19N. The van der Waals surface area contributed by atoms with Crippen molar-refractivity contribution in [2.45, 2.75) is 33.1 Å². The minimum atomic E-state index is 1.02. The molecule has 14 heavy (non-hydrogen) atoms. The third-order valence-corrected chi connectivity index (χ3v) is 3.03. The maximum absolute atomic E-state index is 3.55. The van der Waals surface area contributed by atoms with Crippen LogP contribution in [-0.2, 0) is 0 Å². The second kappa shape index (κ2) is 4.04. The summed E-state index contributed by atoms with van der Waals surface area (Å²) in [6, 6.07) is 6.47. The van der Waals surface area contributed by atoms with E-state index in [0.29, 0.717) is 0 Å². The van der Waals surface area contributed by atoms with Crippen LogP contribution in [-0.4, -0.2) is 6.54 Å². The quantitative estimate of drug-likeness (QED) is 0.764. The molecule has 0 aliphatic heterocycles. The molecular weight excluding hydrogens is 170 g/mol. The SMILES string of the molecule is Cc1cccc(C)c1NCCC1CC1. The Hall–Kier alpha value is -0.980. The van der Waals surface area contributed by atoms with Gasteiger partial charge in [-0.15, -0.1) is 0 Å². The predicted octanol–water partition coefficient (Wildman–Crippen LogP) is 3.52. The monoisotopic (exact) mass is 189 g/mol. The van der Waals surface area contributed by atoms with Crippen LogP contribution in [0.3, 0.4) is 0 Å². The summed E-state index contributed by atoms with van der Waals surface area (Å²) in [4.78, 5) is 0. The number of hydrogen-bond acceptors (Lipinski definition) is 1. The van der Waals surface area contributed by atoms with Crippen molar-refractivity contribution in [1.82, 2.24) is 0 Å². The standard InChI is InChI=1S/C13H19N/c1-10-4-3-5-11(2)13(10)14-9-8-12-6-7-12/h3-5,12,14H,6-9H2,1-2H3. The van der Waals surface area contributed by atoms with E-state index < -0.39 is 0 Å². The van der Waals surface area contributed by atoms with E-state index in [-0.39, 0.29) is 0 Å². The molecule has 1 heteroatoms. The highest BCUT2D eigenvalue weighted by molar-refractivity contribution is 5.56. The lowest BCUT2D eigenvalue weighted by Gasteiger charge is -2.11. The van der Waals surface area contributed by atoms with Crippen molar-refractivity contribution in [3.63, 3.8) is 0 Å². The molecule has 1 nitrogen and oxygen atoms in total.